The van der Waals surface area contributed by atoms with Gasteiger partial charge in [0.2, 0.25) is 5.91 Å². The lowest BCUT2D eigenvalue weighted by Gasteiger charge is -2.50. The number of imide groups is 1. The summed E-state index contributed by atoms with van der Waals surface area (Å²) >= 11 is 0. The lowest BCUT2D eigenvalue weighted by molar-refractivity contribution is -0.371. The van der Waals surface area contributed by atoms with Gasteiger partial charge in [0.15, 0.2) is 18.5 Å². The van der Waals surface area contributed by atoms with Crippen molar-refractivity contribution in [2.24, 2.45) is 0 Å². The molecule has 0 saturated carbocycles. The van der Waals surface area contributed by atoms with Crippen LogP contribution >= 0.6 is 0 Å². The van der Waals surface area contributed by atoms with E-state index in [1.807, 2.05) is 48.5 Å². The monoisotopic (exact) mass is 831 g/mol. The molecule has 0 bridgehead atoms. The van der Waals surface area contributed by atoms with Gasteiger partial charge in [0.05, 0.1) is 33.4 Å². The molecule has 0 aliphatic carbocycles. The molecule has 3 aliphatic heterocycles. The zero-order chi connectivity index (χ0) is 42.9. The average Bonchev–Trinajstić information content (AvgIpc) is 3.54. The van der Waals surface area contributed by atoms with Crippen molar-refractivity contribution in [1.29, 1.82) is 0 Å². The van der Waals surface area contributed by atoms with Crippen LogP contribution in [-0.4, -0.2) is 140 Å². The van der Waals surface area contributed by atoms with E-state index in [1.165, 1.54) is 7.11 Å². The first-order chi connectivity index (χ1) is 28.2. The molecule has 0 radical (unpaired) electrons. The number of rotatable bonds is 17. The molecule has 2 aromatic carbocycles. The predicted molar refractivity (Wildman–Crippen MR) is 196 cm³/mol. The maximum atomic E-state index is 14.2. The Morgan fingerprint density at radius 3 is 2.05 bits per heavy atom. The number of amides is 2. The fourth-order valence-electron chi connectivity index (χ4n) is 7.23. The molecular weight excluding hydrogens is 782 g/mol. The van der Waals surface area contributed by atoms with Crippen LogP contribution in [0.15, 0.2) is 60.7 Å². The van der Waals surface area contributed by atoms with Crippen LogP contribution in [0, 0.1) is 0 Å². The first kappa shape index (κ1) is 45.1. The van der Waals surface area contributed by atoms with Crippen LogP contribution in [0.1, 0.15) is 45.2 Å². The number of methoxy groups -OCH3 is 2. The maximum Gasteiger partial charge on any atom is 0.417 e. The summed E-state index contributed by atoms with van der Waals surface area (Å²) in [5, 5.41) is 12.2. The van der Waals surface area contributed by atoms with Crippen molar-refractivity contribution in [3.63, 3.8) is 0 Å². The molecule has 3 heterocycles. The van der Waals surface area contributed by atoms with Crippen molar-refractivity contribution in [2.45, 2.75) is 114 Å². The number of ether oxygens (including phenoxy) is 11. The van der Waals surface area contributed by atoms with Crippen molar-refractivity contribution < 1.29 is 86.0 Å². The summed E-state index contributed by atoms with van der Waals surface area (Å²) in [6.45, 7) is 3.38. The highest BCUT2D eigenvalue weighted by Gasteiger charge is 2.66. The second-order valence-electron chi connectivity index (χ2n) is 14.0. The van der Waals surface area contributed by atoms with E-state index in [2.05, 4.69) is 0 Å². The molecule has 2 amide bonds. The van der Waals surface area contributed by atoms with E-state index in [4.69, 9.17) is 52.1 Å². The van der Waals surface area contributed by atoms with Gasteiger partial charge < -0.3 is 57.2 Å². The summed E-state index contributed by atoms with van der Waals surface area (Å²) in [4.78, 5) is 78.2. The summed E-state index contributed by atoms with van der Waals surface area (Å²) in [6.07, 6.45) is -15.3. The summed E-state index contributed by atoms with van der Waals surface area (Å²) in [5.74, 6) is -7.34. The van der Waals surface area contributed by atoms with Gasteiger partial charge >= 0.3 is 30.0 Å². The summed E-state index contributed by atoms with van der Waals surface area (Å²) in [6, 6.07) is 16.8. The fraction of sp³-hybridized carbons (Fsp3) is 0.550. The second kappa shape index (κ2) is 20.3. The minimum absolute atomic E-state index is 0.00107. The Hall–Kier alpha value is -5.02. The van der Waals surface area contributed by atoms with E-state index in [0.717, 1.165) is 45.9 Å². The number of aliphatic hydroxyl groups excluding tert-OH is 1. The van der Waals surface area contributed by atoms with E-state index < -0.39 is 116 Å². The molecule has 59 heavy (non-hydrogen) atoms. The van der Waals surface area contributed by atoms with Gasteiger partial charge in [0.1, 0.15) is 49.3 Å². The van der Waals surface area contributed by atoms with Gasteiger partial charge in [-0.15, -0.1) is 0 Å². The number of hydrogen-bond donors (Lipinski definition) is 1. The number of carbonyl (C=O) groups excluding carboxylic acids is 6. The van der Waals surface area contributed by atoms with Crippen LogP contribution in [0.2, 0.25) is 0 Å². The minimum Gasteiger partial charge on any atom is -0.465 e. The first-order valence-electron chi connectivity index (χ1n) is 18.7. The van der Waals surface area contributed by atoms with Gasteiger partial charge in [-0.05, 0) is 11.1 Å². The SMILES string of the molecule is COC(=O)[C@@]1(O[C@@H]2[C@H](O)[C@@H](OCc3ccccc3)[C@H](OC)O[C@@H]2COCc2ccccc2)C[C@@H]2OC(=O)N(C(C)=O)[C@H]2[C@@H]([C@@H](OC(C)=O)[C@@H](COC(C)=O)OC(C)=O)O1. The van der Waals surface area contributed by atoms with Gasteiger partial charge in [0, 0.05) is 34.8 Å². The minimum atomic E-state index is -2.65. The van der Waals surface area contributed by atoms with Gasteiger partial charge in [-0.25, -0.2) is 14.5 Å². The lowest BCUT2D eigenvalue weighted by atomic mass is 9.87. The Bertz CT molecular complexity index is 1780. The van der Waals surface area contributed by atoms with Crippen molar-refractivity contribution in [3.05, 3.63) is 71.8 Å². The molecule has 2 aromatic rings. The molecule has 19 nitrogen and oxygen atoms in total. The van der Waals surface area contributed by atoms with E-state index in [-0.39, 0.29) is 19.8 Å². The van der Waals surface area contributed by atoms with Crippen LogP contribution in [-0.2, 0) is 89.3 Å². The summed E-state index contributed by atoms with van der Waals surface area (Å²) in [7, 11) is 2.37. The normalized spacial score (nSPS) is 28.7. The second-order valence-corrected chi connectivity index (χ2v) is 14.0. The smallest absolute Gasteiger partial charge is 0.417 e. The molecule has 3 aliphatic rings. The lowest BCUT2D eigenvalue weighted by Crippen LogP contribution is -2.70. The molecule has 0 spiro atoms. The van der Waals surface area contributed by atoms with Gasteiger partial charge in [-0.1, -0.05) is 60.7 Å². The molecule has 0 aromatic heterocycles. The Labute approximate surface area is 339 Å². The number of carbonyl (C=O) groups is 6. The van der Waals surface area contributed by atoms with Crippen LogP contribution < -0.4 is 0 Å². The fourth-order valence-corrected chi connectivity index (χ4v) is 7.23. The van der Waals surface area contributed by atoms with Crippen molar-refractivity contribution in [2.75, 3.05) is 27.4 Å². The van der Waals surface area contributed by atoms with Crippen molar-refractivity contribution >= 4 is 35.9 Å². The largest absolute Gasteiger partial charge is 0.465 e. The molecule has 11 atom stereocenters. The molecule has 322 valence electrons. The van der Waals surface area contributed by atoms with E-state index >= 15 is 0 Å². The van der Waals surface area contributed by atoms with Gasteiger partial charge in [0.25, 0.3) is 5.79 Å². The third-order valence-electron chi connectivity index (χ3n) is 9.71. The van der Waals surface area contributed by atoms with Gasteiger partial charge in [-0.2, -0.15) is 0 Å². The first-order valence-corrected chi connectivity index (χ1v) is 18.7. The summed E-state index contributed by atoms with van der Waals surface area (Å²) < 4.78 is 64.1. The zero-order valence-electron chi connectivity index (χ0n) is 33.4. The average molecular weight is 832 g/mol. The molecular formula is C40H49NO18. The number of aliphatic hydroxyl groups is 1. The highest BCUT2D eigenvalue weighted by Crippen LogP contribution is 2.44. The predicted octanol–water partition coefficient (Wildman–Crippen LogP) is 1.73. The van der Waals surface area contributed by atoms with Crippen LogP contribution in [0.3, 0.4) is 0 Å². The molecule has 5 rings (SSSR count). The van der Waals surface area contributed by atoms with E-state index in [1.54, 1.807) is 12.1 Å². The molecule has 19 heteroatoms. The Morgan fingerprint density at radius 2 is 1.49 bits per heavy atom. The van der Waals surface area contributed by atoms with Crippen LogP contribution in [0.5, 0.6) is 0 Å². The van der Waals surface area contributed by atoms with E-state index in [0.29, 0.717) is 4.90 Å². The summed E-state index contributed by atoms with van der Waals surface area (Å²) in [5.41, 5.74) is 1.57. The third-order valence-corrected chi connectivity index (χ3v) is 9.71. The highest BCUT2D eigenvalue weighted by atomic mass is 16.8. The van der Waals surface area contributed by atoms with Gasteiger partial charge in [-0.3, -0.25) is 19.2 Å². The molecule has 3 saturated heterocycles. The standard InChI is InChI=1S/C40H49NO18/c1-22(42)41-31-28(57-39(41)48)17-40(38(47)50-6,59-35(31)34(55-25(4)45)30(54-24(3)44)21-52-23(2)43)58-33-29(20-51-18-26-13-9-7-10-14-26)56-37(49-5)36(32(33)46)53-19-27-15-11-8-12-16-27/h7-16,28-37,46H,17-21H2,1-6H3/t28-,29+,30+,31+,32-,33-,34-,35-,36+,37+,40+/m0/s1. The molecule has 3 fully saturated rings. The third kappa shape index (κ3) is 11.0. The van der Waals surface area contributed by atoms with E-state index in [9.17, 15) is 33.9 Å². The quantitative estimate of drug-likeness (QED) is 0.177. The highest BCUT2D eigenvalue weighted by molar-refractivity contribution is 5.93. The Kier molecular flexibility index (Phi) is 15.5. The zero-order valence-corrected chi connectivity index (χ0v) is 33.4. The number of hydrogen-bond acceptors (Lipinski definition) is 18. The van der Waals surface area contributed by atoms with Crippen molar-refractivity contribution in [1.82, 2.24) is 4.90 Å². The molecule has 0 unspecified atom stereocenters. The number of nitrogens with zero attached hydrogens (tertiary/aromatic N) is 1. The topological polar surface area (TPSA) is 227 Å². The Morgan fingerprint density at radius 1 is 0.864 bits per heavy atom. The number of benzene rings is 2. The molecule has 1 N–H and O–H groups in total. The van der Waals surface area contributed by atoms with Crippen LogP contribution in [0.25, 0.3) is 0 Å². The maximum absolute atomic E-state index is 14.2. The van der Waals surface area contributed by atoms with Crippen LogP contribution in [0.4, 0.5) is 4.79 Å². The Balaban J connectivity index is 1.59. The number of esters is 4. The van der Waals surface area contributed by atoms with Crippen molar-refractivity contribution in [3.8, 4) is 0 Å². The number of fused-ring (bicyclic) bond motifs is 1.